The molecule has 0 heterocycles. The Hall–Kier alpha value is -2.51. The van der Waals surface area contributed by atoms with Crippen LogP contribution in [-0.2, 0) is 14.8 Å². The molecule has 1 amide bonds. The van der Waals surface area contributed by atoms with Gasteiger partial charge in [0.05, 0.1) is 4.90 Å². The van der Waals surface area contributed by atoms with Crippen LogP contribution in [0.2, 0.25) is 0 Å². The minimum absolute atomic E-state index is 0.0603. The second-order valence-corrected chi connectivity index (χ2v) is 8.03. The average Bonchev–Trinajstić information content (AvgIpc) is 2.65. The Morgan fingerprint density at radius 2 is 1.56 bits per heavy atom. The third kappa shape index (κ3) is 6.30. The molecule has 0 fully saturated rings. The van der Waals surface area contributed by atoms with Gasteiger partial charge in [-0.2, -0.15) is 0 Å². The maximum absolute atomic E-state index is 12.1. The topological polar surface area (TPSA) is 92.3 Å². The van der Waals surface area contributed by atoms with Gasteiger partial charge in [0.2, 0.25) is 15.9 Å². The van der Waals surface area contributed by atoms with Gasteiger partial charge >= 0.3 is 0 Å². The third-order valence-electron chi connectivity index (χ3n) is 3.94. The first-order valence-corrected chi connectivity index (χ1v) is 10.3. The van der Waals surface area contributed by atoms with Crippen molar-refractivity contribution in [1.29, 1.82) is 0 Å². The Kier molecular flexibility index (Phi) is 7.27. The van der Waals surface area contributed by atoms with Crippen LogP contribution in [0.15, 0.2) is 53.4 Å². The van der Waals surface area contributed by atoms with Crippen LogP contribution in [0.1, 0.15) is 42.1 Å². The zero-order chi connectivity index (χ0) is 19.9. The van der Waals surface area contributed by atoms with E-state index in [4.69, 9.17) is 0 Å². The zero-order valence-corrected chi connectivity index (χ0v) is 16.3. The van der Waals surface area contributed by atoms with Crippen LogP contribution in [0.25, 0.3) is 0 Å². The Morgan fingerprint density at radius 1 is 0.926 bits per heavy atom. The van der Waals surface area contributed by atoms with Gasteiger partial charge in [-0.1, -0.05) is 36.8 Å². The molecule has 0 aromatic heterocycles. The average molecular weight is 388 g/mol. The first-order chi connectivity index (χ1) is 12.8. The van der Waals surface area contributed by atoms with Gasteiger partial charge in [-0.25, -0.2) is 13.1 Å². The lowest BCUT2D eigenvalue weighted by atomic mass is 10.0. The largest absolute Gasteiger partial charge is 0.326 e. The van der Waals surface area contributed by atoms with Crippen LogP contribution >= 0.6 is 0 Å². The smallest absolute Gasteiger partial charge is 0.240 e. The Balaban J connectivity index is 1.88. The Bertz CT molecular complexity index is 889. The van der Waals surface area contributed by atoms with E-state index in [1.807, 2.05) is 26.0 Å². The number of carbonyl (C=O) groups is 2. The SMILES string of the molecule is CCCNS(=O)(=O)c1ccc(NC(=O)CCC(=O)c2ccc(C)cc2)cc1. The van der Waals surface area contributed by atoms with Gasteiger partial charge in [0.25, 0.3) is 0 Å². The number of sulfonamides is 1. The van der Waals surface area contributed by atoms with Crippen LogP contribution in [-0.4, -0.2) is 26.7 Å². The molecule has 6 nitrogen and oxygen atoms in total. The predicted molar refractivity (Wildman–Crippen MR) is 105 cm³/mol. The fourth-order valence-electron chi connectivity index (χ4n) is 2.37. The van der Waals surface area contributed by atoms with E-state index in [1.165, 1.54) is 24.3 Å². The summed E-state index contributed by atoms with van der Waals surface area (Å²) in [6.07, 6.45) is 0.877. The first kappa shape index (κ1) is 20.8. The highest BCUT2D eigenvalue weighted by Crippen LogP contribution is 2.15. The monoisotopic (exact) mass is 388 g/mol. The summed E-state index contributed by atoms with van der Waals surface area (Å²) in [6.45, 7) is 4.19. The van der Waals surface area contributed by atoms with Gasteiger partial charge in [0, 0.05) is 30.6 Å². The lowest BCUT2D eigenvalue weighted by Gasteiger charge is -2.08. The number of ketones is 1. The minimum Gasteiger partial charge on any atom is -0.326 e. The molecule has 0 aliphatic carbocycles. The molecular formula is C20H24N2O4S. The molecule has 0 saturated carbocycles. The summed E-state index contributed by atoms with van der Waals surface area (Å²) >= 11 is 0. The molecular weight excluding hydrogens is 364 g/mol. The first-order valence-electron chi connectivity index (χ1n) is 8.81. The number of aryl methyl sites for hydroxylation is 1. The van der Waals surface area contributed by atoms with Crippen molar-refractivity contribution < 1.29 is 18.0 Å². The number of hydrogen-bond acceptors (Lipinski definition) is 4. The minimum atomic E-state index is -3.53. The highest BCUT2D eigenvalue weighted by molar-refractivity contribution is 7.89. The van der Waals surface area contributed by atoms with Crippen LogP contribution < -0.4 is 10.0 Å². The lowest BCUT2D eigenvalue weighted by Crippen LogP contribution is -2.24. The molecule has 27 heavy (non-hydrogen) atoms. The number of amides is 1. The zero-order valence-electron chi connectivity index (χ0n) is 15.5. The van der Waals surface area contributed by atoms with Gasteiger partial charge in [0.1, 0.15) is 0 Å². The van der Waals surface area contributed by atoms with Crippen LogP contribution in [0.3, 0.4) is 0 Å². The normalized spacial score (nSPS) is 11.2. The van der Waals surface area contributed by atoms with Crippen molar-refractivity contribution in [2.24, 2.45) is 0 Å². The van der Waals surface area contributed by atoms with E-state index in [9.17, 15) is 18.0 Å². The third-order valence-corrected chi connectivity index (χ3v) is 5.42. The molecule has 144 valence electrons. The van der Waals surface area contributed by atoms with Gasteiger partial charge in [0.15, 0.2) is 5.78 Å². The molecule has 0 saturated heterocycles. The molecule has 0 atom stereocenters. The molecule has 0 aliphatic heterocycles. The van der Waals surface area contributed by atoms with Crippen molar-refractivity contribution in [2.75, 3.05) is 11.9 Å². The summed E-state index contributed by atoms with van der Waals surface area (Å²) in [6, 6.07) is 13.1. The summed E-state index contributed by atoms with van der Waals surface area (Å²) < 4.78 is 26.5. The molecule has 2 rings (SSSR count). The summed E-state index contributed by atoms with van der Waals surface area (Å²) in [4.78, 5) is 24.3. The van der Waals surface area contributed by atoms with Crippen LogP contribution in [0.5, 0.6) is 0 Å². The Labute approximate surface area is 160 Å². The molecule has 2 aromatic carbocycles. The van der Waals surface area contributed by atoms with Crippen molar-refractivity contribution in [3.63, 3.8) is 0 Å². The Morgan fingerprint density at radius 3 is 2.15 bits per heavy atom. The number of hydrogen-bond donors (Lipinski definition) is 2. The number of nitrogens with one attached hydrogen (secondary N) is 2. The molecule has 0 aliphatic rings. The number of rotatable bonds is 9. The van der Waals surface area contributed by atoms with E-state index in [-0.39, 0.29) is 29.4 Å². The molecule has 7 heteroatoms. The van der Waals surface area contributed by atoms with Gasteiger partial charge in [-0.05, 0) is 37.6 Å². The number of benzene rings is 2. The summed E-state index contributed by atoms with van der Waals surface area (Å²) in [5.41, 5.74) is 2.14. The number of anilines is 1. The summed E-state index contributed by atoms with van der Waals surface area (Å²) in [7, 11) is -3.53. The fourth-order valence-corrected chi connectivity index (χ4v) is 3.51. The quantitative estimate of drug-likeness (QED) is 0.645. The van der Waals surface area contributed by atoms with E-state index < -0.39 is 10.0 Å². The van der Waals surface area contributed by atoms with Gasteiger partial charge in [-0.15, -0.1) is 0 Å². The van der Waals surface area contributed by atoms with Gasteiger partial charge < -0.3 is 5.32 Å². The number of carbonyl (C=O) groups excluding carboxylic acids is 2. The van der Waals surface area contributed by atoms with Crippen molar-refractivity contribution in [1.82, 2.24) is 4.72 Å². The predicted octanol–water partition coefficient (Wildman–Crippen LogP) is 3.28. The summed E-state index contributed by atoms with van der Waals surface area (Å²) in [5, 5.41) is 2.67. The van der Waals surface area contributed by atoms with Crippen molar-refractivity contribution >= 4 is 27.4 Å². The van der Waals surface area contributed by atoms with Gasteiger partial charge in [-0.3, -0.25) is 9.59 Å². The van der Waals surface area contributed by atoms with E-state index in [0.717, 1.165) is 5.56 Å². The maximum Gasteiger partial charge on any atom is 0.240 e. The van der Waals surface area contributed by atoms with E-state index in [1.54, 1.807) is 12.1 Å². The fraction of sp³-hybridized carbons (Fsp3) is 0.300. The molecule has 2 aromatic rings. The van der Waals surface area contributed by atoms with Crippen molar-refractivity contribution in [3.05, 3.63) is 59.7 Å². The maximum atomic E-state index is 12.1. The second-order valence-electron chi connectivity index (χ2n) is 6.26. The standard InChI is InChI=1S/C20H24N2O4S/c1-3-14-21-27(25,26)18-10-8-17(9-11-18)22-20(24)13-12-19(23)16-6-4-15(2)5-7-16/h4-11,21H,3,12-14H2,1-2H3,(H,22,24). The van der Waals surface area contributed by atoms with E-state index in [2.05, 4.69) is 10.0 Å². The van der Waals surface area contributed by atoms with E-state index in [0.29, 0.717) is 24.2 Å². The molecule has 0 radical (unpaired) electrons. The second kappa shape index (κ2) is 9.43. The highest BCUT2D eigenvalue weighted by atomic mass is 32.2. The molecule has 0 unspecified atom stereocenters. The molecule has 0 bridgehead atoms. The summed E-state index contributed by atoms with van der Waals surface area (Å²) in [5.74, 6) is -0.385. The number of Topliss-reactive ketones (excluding diaryl/α,β-unsaturated/α-hetero) is 1. The van der Waals surface area contributed by atoms with Crippen LogP contribution in [0.4, 0.5) is 5.69 Å². The van der Waals surface area contributed by atoms with Crippen molar-refractivity contribution in [2.45, 2.75) is 38.0 Å². The van der Waals surface area contributed by atoms with E-state index >= 15 is 0 Å². The van der Waals surface area contributed by atoms with Crippen molar-refractivity contribution in [3.8, 4) is 0 Å². The van der Waals surface area contributed by atoms with Crippen LogP contribution in [0, 0.1) is 6.92 Å². The molecule has 2 N–H and O–H groups in total. The lowest BCUT2D eigenvalue weighted by molar-refractivity contribution is -0.116. The molecule has 0 spiro atoms. The highest BCUT2D eigenvalue weighted by Gasteiger charge is 2.13.